The molecule has 0 aliphatic carbocycles. The van der Waals surface area contributed by atoms with Crippen LogP contribution in [0.5, 0.6) is 23.0 Å². The molecule has 6 aromatic rings. The van der Waals surface area contributed by atoms with E-state index in [1.165, 1.54) is 20.3 Å². The van der Waals surface area contributed by atoms with Crippen LogP contribution in [0.1, 0.15) is 0 Å². The third kappa shape index (κ3) is 7.42. The predicted octanol–water partition coefficient (Wildman–Crippen LogP) is 7.61. The minimum Gasteiger partial charge on any atom is -0.506 e. The molecule has 6 aromatic carbocycles. The first-order chi connectivity index (χ1) is 24.2. The summed E-state index contributed by atoms with van der Waals surface area (Å²) in [6.45, 7) is 0. The Morgan fingerprint density at radius 3 is 1.73 bits per heavy atom. The number of hydrogen-bond donors (Lipinski definition) is 5. The average Bonchev–Trinajstić information content (AvgIpc) is 3.09. The van der Waals surface area contributed by atoms with Crippen molar-refractivity contribution in [3.8, 4) is 34.1 Å². The van der Waals surface area contributed by atoms with Crippen LogP contribution >= 0.6 is 0 Å². The number of benzene rings is 6. The van der Waals surface area contributed by atoms with Crippen molar-refractivity contribution in [3.63, 3.8) is 0 Å². The molecule has 6 rings (SSSR count). The van der Waals surface area contributed by atoms with E-state index in [2.05, 4.69) is 20.5 Å². The van der Waals surface area contributed by atoms with Crippen molar-refractivity contribution in [2.45, 2.75) is 9.79 Å². The van der Waals surface area contributed by atoms with E-state index in [1.807, 2.05) is 24.3 Å². The number of ether oxygens (including phenoxy) is 2. The Morgan fingerprint density at radius 2 is 1.15 bits per heavy atom. The number of aromatic hydroxyl groups is 2. The van der Waals surface area contributed by atoms with E-state index < -0.39 is 46.9 Å². The molecule has 0 bridgehead atoms. The van der Waals surface area contributed by atoms with Gasteiger partial charge >= 0.3 is 0 Å². The number of nitrogens with two attached hydrogens (primary N) is 1. The normalized spacial score (nSPS) is 12.1. The zero-order chi connectivity index (χ0) is 36.7. The number of nitrogens with zero attached hydrogens (tertiary/aromatic N) is 4. The molecular weight excluding hydrogens is 726 g/mol. The fourth-order valence-corrected chi connectivity index (χ4v) is 6.84. The Morgan fingerprint density at radius 1 is 0.615 bits per heavy atom. The van der Waals surface area contributed by atoms with Crippen LogP contribution in [-0.2, 0) is 20.2 Å². The van der Waals surface area contributed by atoms with Crippen LogP contribution in [0.3, 0.4) is 0 Å². The second-order valence-electron chi connectivity index (χ2n) is 10.9. The van der Waals surface area contributed by atoms with Gasteiger partial charge in [-0.2, -0.15) is 16.8 Å². The zero-order valence-corrected chi connectivity index (χ0v) is 31.2. The van der Waals surface area contributed by atoms with Gasteiger partial charge in [-0.25, -0.2) is 0 Å². The third-order valence-corrected chi connectivity index (χ3v) is 9.66. The first kappa shape index (κ1) is 38.1. The van der Waals surface area contributed by atoms with Gasteiger partial charge < -0.3 is 25.4 Å². The second-order valence-corrected chi connectivity index (χ2v) is 13.7. The molecule has 0 aromatic heterocycles. The maximum Gasteiger partial charge on any atom is 0.296 e. The van der Waals surface area contributed by atoms with Crippen molar-refractivity contribution < 1.29 is 45.6 Å². The average molecular weight is 753 g/mol. The van der Waals surface area contributed by atoms with Crippen LogP contribution in [0.15, 0.2) is 121 Å². The zero-order valence-electron chi connectivity index (χ0n) is 27.6. The Hall–Kier alpha value is -5.14. The van der Waals surface area contributed by atoms with E-state index in [0.717, 1.165) is 16.8 Å². The molecule has 52 heavy (non-hydrogen) atoms. The van der Waals surface area contributed by atoms with Gasteiger partial charge in [0.25, 0.3) is 20.2 Å². The standard InChI is InChI=1S/C34H27N5O10S2.Na/c1-48-27-15-19(20-8-12-24(28(16-20)49-2)37-39-33-21-6-4-3-5-18(21)9-14-26(33)40)7-11-23(27)36-38-25-13-10-22-29(50(42,43)44)17-30(51(45,46)47)32(35)31(22)34(25)41;/h3-17,40-41H,35H2,1-2H3,(H,42,43,44)(H,45,46,47);. The Labute approximate surface area is 318 Å². The van der Waals surface area contributed by atoms with E-state index in [0.29, 0.717) is 34.3 Å². The van der Waals surface area contributed by atoms with Crippen LogP contribution in [0, 0.1) is 0 Å². The van der Waals surface area contributed by atoms with E-state index >= 15 is 0 Å². The largest absolute Gasteiger partial charge is 0.506 e. The Bertz CT molecular complexity index is 2670. The number of rotatable bonds is 9. The van der Waals surface area contributed by atoms with E-state index in [4.69, 9.17) is 15.2 Å². The summed E-state index contributed by atoms with van der Waals surface area (Å²) in [5.74, 6) is -0.110. The molecule has 0 amide bonds. The van der Waals surface area contributed by atoms with Gasteiger partial charge in [0.05, 0.1) is 25.3 Å². The first-order valence-corrected chi connectivity index (χ1v) is 17.5. The number of fused-ring (bicyclic) bond motifs is 2. The van der Waals surface area contributed by atoms with E-state index in [9.17, 15) is 36.2 Å². The third-order valence-electron chi connectivity index (χ3n) is 7.87. The van der Waals surface area contributed by atoms with Gasteiger partial charge in [0.15, 0.2) is 5.75 Å². The van der Waals surface area contributed by atoms with Gasteiger partial charge in [-0.1, -0.05) is 48.5 Å². The van der Waals surface area contributed by atoms with Crippen LogP contribution in [0.25, 0.3) is 32.7 Å². The molecule has 6 N–H and O–H groups in total. The van der Waals surface area contributed by atoms with Gasteiger partial charge in [0.1, 0.15) is 49.8 Å². The van der Waals surface area contributed by atoms with Crippen molar-refractivity contribution in [2.75, 3.05) is 20.0 Å². The Balaban J connectivity index is 0.00000523. The fourth-order valence-electron chi connectivity index (χ4n) is 5.40. The van der Waals surface area contributed by atoms with Crippen molar-refractivity contribution >= 4 is 99.8 Å². The van der Waals surface area contributed by atoms with Crippen molar-refractivity contribution in [1.82, 2.24) is 0 Å². The van der Waals surface area contributed by atoms with Gasteiger partial charge in [-0.05, 0) is 59.0 Å². The molecule has 15 nitrogen and oxygen atoms in total. The quantitative estimate of drug-likeness (QED) is 0.0416. The minimum atomic E-state index is -5.07. The SMILES string of the molecule is COc1cc(-c2ccc(N=Nc3c(O)ccc4ccccc34)c(OC)c2)ccc1N=Nc1ccc2c(S(=O)(=O)O)cc(S(=O)(=O)O)c(N)c2c1O.[Na]. The van der Waals surface area contributed by atoms with Crippen molar-refractivity contribution in [3.05, 3.63) is 91.0 Å². The monoisotopic (exact) mass is 752 g/mol. The molecule has 0 saturated carbocycles. The van der Waals surface area contributed by atoms with Crippen LogP contribution in [0.4, 0.5) is 28.4 Å². The summed E-state index contributed by atoms with van der Waals surface area (Å²) in [5, 5.41) is 39.0. The first-order valence-electron chi connectivity index (χ1n) is 14.6. The summed E-state index contributed by atoms with van der Waals surface area (Å²) in [5.41, 5.74) is 7.34. The van der Waals surface area contributed by atoms with Crippen molar-refractivity contribution in [1.29, 1.82) is 0 Å². The molecule has 0 aliphatic heterocycles. The van der Waals surface area contributed by atoms with Crippen LogP contribution < -0.4 is 15.2 Å². The van der Waals surface area contributed by atoms with Crippen LogP contribution in [0.2, 0.25) is 0 Å². The fraction of sp³-hybridized carbons (Fsp3) is 0.0588. The van der Waals surface area contributed by atoms with Gasteiger partial charge in [-0.15, -0.1) is 20.5 Å². The second kappa shape index (κ2) is 14.8. The topological polar surface area (TPSA) is 243 Å². The molecule has 0 aliphatic rings. The molecule has 0 fully saturated rings. The predicted molar refractivity (Wildman–Crippen MR) is 194 cm³/mol. The van der Waals surface area contributed by atoms with Gasteiger partial charge in [0, 0.05) is 40.3 Å². The molecule has 0 unspecified atom stereocenters. The maximum atomic E-state index is 12.0. The minimum absolute atomic E-state index is 0. The molecule has 0 atom stereocenters. The molecule has 261 valence electrons. The number of nitrogen functional groups attached to an aromatic ring is 1. The molecule has 0 spiro atoms. The summed E-state index contributed by atoms with van der Waals surface area (Å²) in [6.07, 6.45) is 0. The summed E-state index contributed by atoms with van der Waals surface area (Å²) in [4.78, 5) is -1.95. The smallest absolute Gasteiger partial charge is 0.296 e. The van der Waals surface area contributed by atoms with Crippen molar-refractivity contribution in [2.24, 2.45) is 20.5 Å². The van der Waals surface area contributed by atoms with E-state index in [-0.39, 0.29) is 57.8 Å². The maximum absolute atomic E-state index is 12.0. The summed E-state index contributed by atoms with van der Waals surface area (Å²) >= 11 is 0. The number of hydrogen-bond acceptors (Lipinski definition) is 13. The molecule has 0 heterocycles. The molecule has 18 heteroatoms. The number of phenolic OH excluding ortho intramolecular Hbond substituents is 2. The summed E-state index contributed by atoms with van der Waals surface area (Å²) < 4.78 is 78.2. The number of phenols is 2. The molecule has 1 radical (unpaired) electrons. The summed E-state index contributed by atoms with van der Waals surface area (Å²) in [7, 11) is -7.19. The Kier molecular flexibility index (Phi) is 10.9. The molecular formula is C34H27N5NaO10S2. The number of anilines is 1. The summed E-state index contributed by atoms with van der Waals surface area (Å²) in [6, 6.07) is 23.8. The van der Waals surface area contributed by atoms with Gasteiger partial charge in [-0.3, -0.25) is 9.11 Å². The molecule has 0 saturated heterocycles. The van der Waals surface area contributed by atoms with Crippen LogP contribution in [-0.4, -0.2) is 79.9 Å². The number of methoxy groups -OCH3 is 2. The van der Waals surface area contributed by atoms with Gasteiger partial charge in [0.2, 0.25) is 0 Å². The number of azo groups is 2. The van der Waals surface area contributed by atoms with E-state index in [1.54, 1.807) is 48.5 Å².